The third kappa shape index (κ3) is 10.3. The molecule has 0 aromatic heterocycles. The molecule has 0 aromatic carbocycles. The molecule has 0 spiro atoms. The molecule has 0 aliphatic rings. The van der Waals surface area contributed by atoms with E-state index in [1.165, 1.54) is 24.3 Å². The maximum Gasteiger partial charge on any atom is 0.348 e. The molecule has 0 saturated heterocycles. The average molecular weight is 336 g/mol. The van der Waals surface area contributed by atoms with Crippen LogP contribution in [0.4, 0.5) is 0 Å². The molecule has 0 fully saturated rings. The molecule has 0 heterocycles. The summed E-state index contributed by atoms with van der Waals surface area (Å²) in [5.41, 5.74) is 0. The van der Waals surface area contributed by atoms with Crippen molar-refractivity contribution in [1.82, 2.24) is 10.2 Å². The lowest BCUT2D eigenvalue weighted by atomic mass is 10.4. The Morgan fingerprint density at radius 2 is 2.09 bits per heavy atom. The Bertz CT molecular complexity index is 460. The molecule has 2 unspecified atom stereocenters. The molecule has 126 valence electrons. The van der Waals surface area contributed by atoms with Gasteiger partial charge in [-0.05, 0) is 13.0 Å². The molecular formula is C12H21N2O7P. The number of amides is 2. The van der Waals surface area contributed by atoms with Gasteiger partial charge in [0, 0.05) is 32.3 Å². The number of nitrogens with zero attached hydrogens (tertiary/aromatic N) is 1. The number of ether oxygens (including phenoxy) is 2. The van der Waals surface area contributed by atoms with E-state index in [1.807, 2.05) is 5.32 Å². The second kappa shape index (κ2) is 10.3. The smallest absolute Gasteiger partial charge is 0.348 e. The number of hydrogen-bond acceptors (Lipinski definition) is 6. The second-order valence-corrected chi connectivity index (χ2v) is 5.77. The van der Waals surface area contributed by atoms with Gasteiger partial charge < -0.3 is 24.2 Å². The monoisotopic (exact) mass is 336 g/mol. The standard InChI is InChI=1S/C12H21N2O7P/c1-10(5-7-22(17,18)19)21-12(8-20-3)14(2)6-4-11(16)13-9-15/h4-7,9-10,12H,8H2,1-3H3,(H,13,15,16)(H2,17,18,19)/b6-4-,7-5+. The topological polar surface area (TPSA) is 125 Å². The van der Waals surface area contributed by atoms with Crippen molar-refractivity contribution in [3.05, 3.63) is 24.2 Å². The van der Waals surface area contributed by atoms with E-state index in [0.29, 0.717) is 0 Å². The number of likely N-dealkylation sites (N-methyl/N-ethyl adjacent to an activating group) is 1. The highest BCUT2D eigenvalue weighted by molar-refractivity contribution is 7.55. The first-order chi connectivity index (χ1) is 10.2. The van der Waals surface area contributed by atoms with E-state index < -0.39 is 25.8 Å². The lowest BCUT2D eigenvalue weighted by Gasteiger charge is -2.28. The molecule has 0 aromatic rings. The molecule has 0 radical (unpaired) electrons. The first-order valence-electron chi connectivity index (χ1n) is 6.23. The largest absolute Gasteiger partial charge is 0.380 e. The van der Waals surface area contributed by atoms with Gasteiger partial charge in [0.25, 0.3) is 5.91 Å². The van der Waals surface area contributed by atoms with Crippen molar-refractivity contribution in [3.63, 3.8) is 0 Å². The summed E-state index contributed by atoms with van der Waals surface area (Å²) < 4.78 is 21.3. The summed E-state index contributed by atoms with van der Waals surface area (Å²) in [7, 11) is -1.16. The van der Waals surface area contributed by atoms with E-state index in [2.05, 4.69) is 0 Å². The summed E-state index contributed by atoms with van der Waals surface area (Å²) in [5.74, 6) is 0.169. The molecule has 2 atom stereocenters. The number of carbonyl (C=O) groups excluding carboxylic acids is 2. The Balaban J connectivity index is 4.70. The van der Waals surface area contributed by atoms with Gasteiger partial charge in [-0.15, -0.1) is 0 Å². The fourth-order valence-electron chi connectivity index (χ4n) is 1.31. The average Bonchev–Trinajstić information content (AvgIpc) is 2.41. The van der Waals surface area contributed by atoms with Crippen molar-refractivity contribution in [3.8, 4) is 0 Å². The van der Waals surface area contributed by atoms with Crippen LogP contribution >= 0.6 is 7.60 Å². The highest BCUT2D eigenvalue weighted by atomic mass is 31.2. The van der Waals surface area contributed by atoms with Crippen molar-refractivity contribution >= 4 is 19.9 Å². The van der Waals surface area contributed by atoms with E-state index in [9.17, 15) is 14.2 Å². The third-order valence-corrected chi connectivity index (χ3v) is 2.91. The van der Waals surface area contributed by atoms with Crippen LogP contribution < -0.4 is 5.32 Å². The number of nitrogens with one attached hydrogen (secondary N) is 1. The minimum atomic E-state index is -4.24. The van der Waals surface area contributed by atoms with E-state index >= 15 is 0 Å². The van der Waals surface area contributed by atoms with E-state index in [-0.39, 0.29) is 13.0 Å². The van der Waals surface area contributed by atoms with Gasteiger partial charge in [0.1, 0.15) is 0 Å². The molecule has 10 heteroatoms. The van der Waals surface area contributed by atoms with Gasteiger partial charge in [0.15, 0.2) is 6.23 Å². The Morgan fingerprint density at radius 3 is 2.59 bits per heavy atom. The van der Waals surface area contributed by atoms with Crippen LogP contribution in [-0.4, -0.2) is 60.1 Å². The summed E-state index contributed by atoms with van der Waals surface area (Å²) in [6.07, 6.45) is 2.85. The third-order valence-electron chi connectivity index (χ3n) is 2.35. The van der Waals surface area contributed by atoms with Gasteiger partial charge in [-0.25, -0.2) is 0 Å². The Kier molecular flexibility index (Phi) is 9.55. The first-order valence-corrected chi connectivity index (χ1v) is 7.91. The molecule has 0 bridgehead atoms. The highest BCUT2D eigenvalue weighted by Crippen LogP contribution is 2.36. The molecule has 3 N–H and O–H groups in total. The normalized spacial score (nSPS) is 15.0. The SMILES string of the molecule is COCC(OC(C)/C=C/P(=O)(O)O)N(C)/C=C\C(=O)NC=O. The van der Waals surface area contributed by atoms with Crippen molar-refractivity contribution in [2.75, 3.05) is 20.8 Å². The quantitative estimate of drug-likeness (QED) is 0.216. The van der Waals surface area contributed by atoms with Crippen LogP contribution in [0.5, 0.6) is 0 Å². The van der Waals surface area contributed by atoms with Crippen molar-refractivity contribution in [1.29, 1.82) is 0 Å². The maximum atomic E-state index is 11.1. The van der Waals surface area contributed by atoms with Crippen LogP contribution in [0.25, 0.3) is 0 Å². The Labute approximate surface area is 128 Å². The van der Waals surface area contributed by atoms with Gasteiger partial charge in [-0.2, -0.15) is 0 Å². The summed E-state index contributed by atoms with van der Waals surface area (Å²) in [6.45, 7) is 1.76. The second-order valence-electron chi connectivity index (χ2n) is 4.29. The number of carbonyl (C=O) groups is 2. The van der Waals surface area contributed by atoms with Crippen LogP contribution in [0.2, 0.25) is 0 Å². The van der Waals surface area contributed by atoms with Gasteiger partial charge in [0.05, 0.1) is 12.7 Å². The van der Waals surface area contributed by atoms with Gasteiger partial charge in [-0.1, -0.05) is 0 Å². The fourth-order valence-corrected chi connectivity index (χ4v) is 1.78. The zero-order valence-corrected chi connectivity index (χ0v) is 13.5. The zero-order valence-electron chi connectivity index (χ0n) is 12.6. The predicted octanol–water partition coefficient (Wildman–Crippen LogP) is -0.227. The molecule has 2 amide bonds. The van der Waals surface area contributed by atoms with Crippen LogP contribution in [0.15, 0.2) is 24.2 Å². The minimum Gasteiger partial charge on any atom is -0.380 e. The molecule has 0 aliphatic carbocycles. The summed E-state index contributed by atoms with van der Waals surface area (Å²) in [6, 6.07) is 0. The predicted molar refractivity (Wildman–Crippen MR) is 78.5 cm³/mol. The van der Waals surface area contributed by atoms with Gasteiger partial charge in [-0.3, -0.25) is 19.5 Å². The minimum absolute atomic E-state index is 0.157. The van der Waals surface area contributed by atoms with Crippen molar-refractivity contribution in [2.45, 2.75) is 19.3 Å². The first kappa shape index (κ1) is 20.5. The number of hydrogen-bond donors (Lipinski definition) is 3. The summed E-state index contributed by atoms with van der Waals surface area (Å²) in [5, 5.41) is 1.95. The van der Waals surface area contributed by atoms with E-state index in [4.69, 9.17) is 19.3 Å². The van der Waals surface area contributed by atoms with Crippen LogP contribution in [0.3, 0.4) is 0 Å². The van der Waals surface area contributed by atoms with E-state index in [1.54, 1.807) is 14.0 Å². The van der Waals surface area contributed by atoms with Gasteiger partial charge in [0.2, 0.25) is 6.41 Å². The molecular weight excluding hydrogens is 315 g/mol. The van der Waals surface area contributed by atoms with Gasteiger partial charge >= 0.3 is 7.60 Å². The van der Waals surface area contributed by atoms with Crippen molar-refractivity contribution in [2.24, 2.45) is 0 Å². The molecule has 0 saturated carbocycles. The molecule has 0 aliphatic heterocycles. The Hall–Kier alpha value is -1.51. The number of methoxy groups -OCH3 is 1. The van der Waals surface area contributed by atoms with Crippen LogP contribution in [-0.2, 0) is 23.6 Å². The molecule has 9 nitrogen and oxygen atoms in total. The summed E-state index contributed by atoms with van der Waals surface area (Å²) >= 11 is 0. The fraction of sp³-hybridized carbons (Fsp3) is 0.500. The van der Waals surface area contributed by atoms with E-state index in [0.717, 1.165) is 11.9 Å². The van der Waals surface area contributed by atoms with Crippen molar-refractivity contribution < 1.29 is 33.4 Å². The summed E-state index contributed by atoms with van der Waals surface area (Å²) in [4.78, 5) is 40.3. The molecule has 0 rings (SSSR count). The molecule has 22 heavy (non-hydrogen) atoms. The Morgan fingerprint density at radius 1 is 1.45 bits per heavy atom. The zero-order chi connectivity index (χ0) is 17.2. The number of rotatable bonds is 10. The lowest BCUT2D eigenvalue weighted by Crippen LogP contribution is -2.36. The maximum absolute atomic E-state index is 11.1. The van der Waals surface area contributed by atoms with Crippen LogP contribution in [0, 0.1) is 0 Å². The highest BCUT2D eigenvalue weighted by Gasteiger charge is 2.16. The lowest BCUT2D eigenvalue weighted by molar-refractivity contribution is -0.121. The van der Waals surface area contributed by atoms with Crippen LogP contribution in [0.1, 0.15) is 6.92 Å². The number of imide groups is 1.